The van der Waals surface area contributed by atoms with Gasteiger partial charge in [-0.1, -0.05) is 59.9 Å². The minimum Gasteiger partial charge on any atom is -0.326 e. The summed E-state index contributed by atoms with van der Waals surface area (Å²) in [5.41, 5.74) is 2.93. The lowest BCUT2D eigenvalue weighted by Gasteiger charge is -2.14. The lowest BCUT2D eigenvalue weighted by Crippen LogP contribution is -2.29. The van der Waals surface area contributed by atoms with E-state index in [0.717, 1.165) is 14.8 Å². The number of rotatable bonds is 6. The van der Waals surface area contributed by atoms with E-state index in [4.69, 9.17) is 12.2 Å². The van der Waals surface area contributed by atoms with Crippen molar-refractivity contribution in [1.82, 2.24) is 4.90 Å². The second kappa shape index (κ2) is 9.67. The molecule has 4 nitrogen and oxygen atoms in total. The van der Waals surface area contributed by atoms with E-state index >= 15 is 0 Å². The largest absolute Gasteiger partial charge is 0.326 e. The highest BCUT2D eigenvalue weighted by Gasteiger charge is 2.31. The minimum absolute atomic E-state index is 0.0670. The Hall–Kier alpha value is -1.71. The number of hydrogen-bond acceptors (Lipinski definition) is 4. The molecule has 1 heterocycles. The Morgan fingerprint density at radius 2 is 2.00 bits per heavy atom. The molecule has 144 valence electrons. The van der Waals surface area contributed by atoms with Gasteiger partial charge in [0.2, 0.25) is 5.91 Å². The van der Waals surface area contributed by atoms with Crippen LogP contribution in [0.15, 0.2) is 53.4 Å². The first kappa shape index (κ1) is 21.0. The highest BCUT2D eigenvalue weighted by Crippen LogP contribution is 2.32. The summed E-state index contributed by atoms with van der Waals surface area (Å²) in [6.45, 7) is 2.47. The van der Waals surface area contributed by atoms with Gasteiger partial charge >= 0.3 is 0 Å². The van der Waals surface area contributed by atoms with E-state index < -0.39 is 0 Å². The van der Waals surface area contributed by atoms with Crippen molar-refractivity contribution in [3.05, 3.63) is 68.1 Å². The fourth-order valence-corrected chi connectivity index (χ4v) is 4.55. The lowest BCUT2D eigenvalue weighted by molar-refractivity contribution is -0.122. The van der Waals surface area contributed by atoms with Gasteiger partial charge in [0.15, 0.2) is 0 Å². The van der Waals surface area contributed by atoms with Crippen LogP contribution in [0.25, 0.3) is 6.08 Å². The monoisotopic (exact) mass is 522 g/mol. The van der Waals surface area contributed by atoms with Gasteiger partial charge < -0.3 is 5.32 Å². The molecule has 2 amide bonds. The molecule has 0 bridgehead atoms. The summed E-state index contributed by atoms with van der Waals surface area (Å²) in [4.78, 5) is 27.0. The van der Waals surface area contributed by atoms with Gasteiger partial charge in [0, 0.05) is 22.2 Å². The van der Waals surface area contributed by atoms with Crippen LogP contribution in [0.4, 0.5) is 5.69 Å². The molecule has 0 saturated carbocycles. The van der Waals surface area contributed by atoms with Gasteiger partial charge in [-0.2, -0.15) is 0 Å². The van der Waals surface area contributed by atoms with Crippen LogP contribution in [0, 0.1) is 10.5 Å². The van der Waals surface area contributed by atoms with Gasteiger partial charge in [-0.3, -0.25) is 14.5 Å². The lowest BCUT2D eigenvalue weighted by atomic mass is 10.1. The molecule has 0 spiro atoms. The number of nitrogens with zero attached hydrogens (tertiary/aromatic N) is 1. The maximum absolute atomic E-state index is 12.6. The summed E-state index contributed by atoms with van der Waals surface area (Å²) in [6.07, 6.45) is 2.75. The molecule has 0 aromatic heterocycles. The van der Waals surface area contributed by atoms with E-state index in [1.54, 1.807) is 4.90 Å². The first-order valence-corrected chi connectivity index (χ1v) is 11.1. The SMILES string of the molecule is Cc1ccc(/C=C2\SC(=S)N(CCCC(=O)Nc3cccc(I)c3)C2=O)cc1. The molecule has 1 N–H and O–H groups in total. The Bertz CT molecular complexity index is 942. The maximum Gasteiger partial charge on any atom is 0.266 e. The van der Waals surface area contributed by atoms with Gasteiger partial charge in [-0.15, -0.1) is 0 Å². The summed E-state index contributed by atoms with van der Waals surface area (Å²) in [5.74, 6) is -0.156. The standard InChI is InChI=1S/C21H19IN2O2S2/c1-14-7-9-15(10-8-14)12-18-20(26)24(21(27)28-18)11-3-6-19(25)23-17-5-2-4-16(22)13-17/h2,4-5,7-10,12-13H,3,6,11H2,1H3,(H,23,25)/b18-12-. The van der Waals surface area contributed by atoms with Crippen LogP contribution in [0.2, 0.25) is 0 Å². The highest BCUT2D eigenvalue weighted by molar-refractivity contribution is 14.1. The number of benzene rings is 2. The average Bonchev–Trinajstić information content (AvgIpc) is 2.91. The van der Waals surface area contributed by atoms with Gasteiger partial charge in [0.25, 0.3) is 5.91 Å². The molecule has 1 aliphatic heterocycles. The van der Waals surface area contributed by atoms with Crippen LogP contribution in [0.1, 0.15) is 24.0 Å². The molecule has 28 heavy (non-hydrogen) atoms. The maximum atomic E-state index is 12.6. The van der Waals surface area contributed by atoms with Crippen molar-refractivity contribution in [2.75, 3.05) is 11.9 Å². The molecular weight excluding hydrogens is 503 g/mol. The third-order valence-corrected chi connectivity index (χ3v) is 6.19. The number of halogens is 1. The first-order valence-electron chi connectivity index (χ1n) is 8.80. The van der Waals surface area contributed by atoms with E-state index in [2.05, 4.69) is 27.9 Å². The van der Waals surface area contributed by atoms with Crippen LogP contribution in [-0.2, 0) is 9.59 Å². The van der Waals surface area contributed by atoms with Crippen molar-refractivity contribution in [2.45, 2.75) is 19.8 Å². The molecule has 1 fully saturated rings. The number of anilines is 1. The molecule has 3 rings (SSSR count). The number of amides is 2. The summed E-state index contributed by atoms with van der Waals surface area (Å²) in [5, 5.41) is 2.88. The molecule has 2 aromatic rings. The van der Waals surface area contributed by atoms with E-state index in [1.165, 1.54) is 17.3 Å². The van der Waals surface area contributed by atoms with Crippen molar-refractivity contribution >= 4 is 74.5 Å². The summed E-state index contributed by atoms with van der Waals surface area (Å²) < 4.78 is 1.61. The van der Waals surface area contributed by atoms with Crippen molar-refractivity contribution in [3.63, 3.8) is 0 Å². The molecule has 0 radical (unpaired) electrons. The normalized spacial score (nSPS) is 15.4. The van der Waals surface area contributed by atoms with Crippen LogP contribution < -0.4 is 5.32 Å². The van der Waals surface area contributed by atoms with Crippen LogP contribution in [-0.4, -0.2) is 27.6 Å². The van der Waals surface area contributed by atoms with Crippen LogP contribution in [0.5, 0.6) is 0 Å². The zero-order chi connectivity index (χ0) is 20.1. The Kier molecular flexibility index (Phi) is 7.25. The Morgan fingerprint density at radius 1 is 1.25 bits per heavy atom. The smallest absolute Gasteiger partial charge is 0.266 e. The van der Waals surface area contributed by atoms with Crippen LogP contribution in [0.3, 0.4) is 0 Å². The van der Waals surface area contributed by atoms with E-state index in [1.807, 2.05) is 61.5 Å². The number of carbonyl (C=O) groups excluding carboxylic acids is 2. The Labute approximate surface area is 187 Å². The summed E-state index contributed by atoms with van der Waals surface area (Å²) in [7, 11) is 0. The van der Waals surface area contributed by atoms with E-state index in [-0.39, 0.29) is 11.8 Å². The third-order valence-electron chi connectivity index (χ3n) is 4.14. The number of carbonyl (C=O) groups is 2. The molecule has 0 aliphatic carbocycles. The second-order valence-corrected chi connectivity index (χ2v) is 9.33. The first-order chi connectivity index (χ1) is 13.4. The van der Waals surface area contributed by atoms with Gasteiger partial charge in [0.1, 0.15) is 4.32 Å². The zero-order valence-corrected chi connectivity index (χ0v) is 19.1. The molecular formula is C21H19IN2O2S2. The predicted molar refractivity (Wildman–Crippen MR) is 128 cm³/mol. The van der Waals surface area contributed by atoms with Crippen molar-refractivity contribution in [2.24, 2.45) is 0 Å². The summed E-state index contributed by atoms with van der Waals surface area (Å²) in [6, 6.07) is 15.6. The molecule has 0 unspecified atom stereocenters. The Balaban J connectivity index is 1.53. The quantitative estimate of drug-likeness (QED) is 0.321. The van der Waals surface area contributed by atoms with Gasteiger partial charge in [-0.25, -0.2) is 0 Å². The average molecular weight is 522 g/mol. The molecule has 1 saturated heterocycles. The third kappa shape index (κ3) is 5.65. The van der Waals surface area contributed by atoms with E-state index in [0.29, 0.717) is 28.6 Å². The van der Waals surface area contributed by atoms with Crippen LogP contribution >= 0.6 is 46.6 Å². The molecule has 2 aromatic carbocycles. The van der Waals surface area contributed by atoms with E-state index in [9.17, 15) is 9.59 Å². The number of hydrogen-bond donors (Lipinski definition) is 1. The highest BCUT2D eigenvalue weighted by atomic mass is 127. The number of aryl methyl sites for hydroxylation is 1. The minimum atomic E-state index is -0.0893. The number of thioether (sulfide) groups is 1. The fraction of sp³-hybridized carbons (Fsp3) is 0.190. The molecule has 7 heteroatoms. The topological polar surface area (TPSA) is 49.4 Å². The van der Waals surface area contributed by atoms with Gasteiger partial charge in [-0.05, 0) is 65.8 Å². The summed E-state index contributed by atoms with van der Waals surface area (Å²) >= 11 is 8.87. The van der Waals surface area contributed by atoms with Gasteiger partial charge in [0.05, 0.1) is 4.91 Å². The molecule has 1 aliphatic rings. The fourth-order valence-electron chi connectivity index (χ4n) is 2.69. The molecule has 0 atom stereocenters. The second-order valence-electron chi connectivity index (χ2n) is 6.41. The predicted octanol–water partition coefficient (Wildman–Crippen LogP) is 5.22. The Morgan fingerprint density at radius 3 is 2.71 bits per heavy atom. The van der Waals surface area contributed by atoms with Crippen molar-refractivity contribution in [3.8, 4) is 0 Å². The van der Waals surface area contributed by atoms with Crippen molar-refractivity contribution in [1.29, 1.82) is 0 Å². The van der Waals surface area contributed by atoms with Crippen molar-refractivity contribution < 1.29 is 9.59 Å². The number of nitrogens with one attached hydrogen (secondary N) is 1. The number of thiocarbonyl (C=S) groups is 1. The zero-order valence-electron chi connectivity index (χ0n) is 15.3.